The summed E-state index contributed by atoms with van der Waals surface area (Å²) in [4.78, 5) is 0. The Morgan fingerprint density at radius 2 is 1.13 bits per heavy atom. The summed E-state index contributed by atoms with van der Waals surface area (Å²) in [6.45, 7) is 0. The highest BCUT2D eigenvalue weighted by Gasteiger charge is 2.21. The molecular formula is C18H10Cl4O. The smallest absolute Gasteiger partial charge is 0.146 e. The maximum absolute atomic E-state index is 6.17. The Morgan fingerprint density at radius 1 is 0.739 bits per heavy atom. The van der Waals surface area contributed by atoms with Gasteiger partial charge in [-0.1, -0.05) is 70.4 Å². The Hall–Kier alpha value is -1.32. The lowest BCUT2D eigenvalue weighted by atomic mass is 10.1. The Bertz CT molecular complexity index is 734. The van der Waals surface area contributed by atoms with Gasteiger partial charge in [-0.2, -0.15) is 0 Å². The van der Waals surface area contributed by atoms with E-state index in [9.17, 15) is 0 Å². The molecule has 2 aromatic rings. The van der Waals surface area contributed by atoms with Crippen LogP contribution >= 0.6 is 46.4 Å². The molecule has 0 fully saturated rings. The normalized spacial score (nSPS) is 13.0. The summed E-state index contributed by atoms with van der Waals surface area (Å²) in [5.41, 5.74) is 1.20. The molecule has 0 heterocycles. The quantitative estimate of drug-likeness (QED) is 0.557. The van der Waals surface area contributed by atoms with E-state index in [0.717, 1.165) is 0 Å². The number of hydrogen-bond acceptors (Lipinski definition) is 1. The van der Waals surface area contributed by atoms with E-state index in [4.69, 9.17) is 64.0 Å². The van der Waals surface area contributed by atoms with Crippen molar-refractivity contribution < 1.29 is 4.74 Å². The van der Waals surface area contributed by atoms with Crippen LogP contribution in [-0.4, -0.2) is 0 Å². The molecule has 0 aliphatic carbocycles. The topological polar surface area (TPSA) is 9.23 Å². The molecule has 0 saturated heterocycles. The van der Waals surface area contributed by atoms with Crippen molar-refractivity contribution in [3.05, 3.63) is 67.6 Å². The molecule has 0 aliphatic heterocycles. The van der Waals surface area contributed by atoms with Gasteiger partial charge in [0.05, 0.1) is 0 Å². The zero-order valence-corrected chi connectivity index (χ0v) is 14.7. The van der Waals surface area contributed by atoms with Crippen molar-refractivity contribution in [2.24, 2.45) is 0 Å². The molecule has 2 atom stereocenters. The van der Waals surface area contributed by atoms with Crippen LogP contribution < -0.4 is 0 Å². The van der Waals surface area contributed by atoms with Crippen molar-refractivity contribution in [3.63, 3.8) is 0 Å². The Labute approximate surface area is 155 Å². The monoisotopic (exact) mass is 382 g/mol. The Balaban J connectivity index is 2.33. The van der Waals surface area contributed by atoms with Crippen molar-refractivity contribution in [2.75, 3.05) is 0 Å². The van der Waals surface area contributed by atoms with Gasteiger partial charge in [0.15, 0.2) is 0 Å². The first-order valence-electron chi connectivity index (χ1n) is 6.44. The lowest BCUT2D eigenvalue weighted by Crippen LogP contribution is -2.09. The van der Waals surface area contributed by atoms with Crippen LogP contribution in [0.5, 0.6) is 0 Å². The van der Waals surface area contributed by atoms with Crippen LogP contribution in [0.1, 0.15) is 23.3 Å². The molecule has 0 radical (unpaired) electrons. The molecule has 0 aliphatic rings. The third-order valence-electron chi connectivity index (χ3n) is 3.06. The average Bonchev–Trinajstić information content (AvgIpc) is 2.50. The highest BCUT2D eigenvalue weighted by atomic mass is 35.5. The van der Waals surface area contributed by atoms with Crippen LogP contribution in [0.25, 0.3) is 0 Å². The predicted molar refractivity (Wildman–Crippen MR) is 97.2 cm³/mol. The molecule has 2 rings (SSSR count). The fraction of sp³-hybridized carbons (Fsp3) is 0.111. The van der Waals surface area contributed by atoms with Gasteiger partial charge in [-0.15, -0.1) is 12.8 Å². The third-order valence-corrected chi connectivity index (χ3v) is 4.19. The van der Waals surface area contributed by atoms with E-state index >= 15 is 0 Å². The maximum atomic E-state index is 6.17. The molecule has 1 nitrogen and oxygen atoms in total. The van der Waals surface area contributed by atoms with Crippen molar-refractivity contribution in [1.82, 2.24) is 0 Å². The molecule has 2 aromatic carbocycles. The van der Waals surface area contributed by atoms with E-state index < -0.39 is 12.2 Å². The van der Waals surface area contributed by atoms with Crippen LogP contribution in [0.15, 0.2) is 36.4 Å². The molecule has 116 valence electrons. The van der Waals surface area contributed by atoms with Crippen LogP contribution in [0, 0.1) is 24.7 Å². The predicted octanol–water partition coefficient (Wildman–Crippen LogP) is 6.37. The largest absolute Gasteiger partial charge is 0.340 e. The van der Waals surface area contributed by atoms with Gasteiger partial charge in [0, 0.05) is 31.2 Å². The van der Waals surface area contributed by atoms with Crippen LogP contribution in [0.3, 0.4) is 0 Å². The summed E-state index contributed by atoms with van der Waals surface area (Å²) in [5, 5.41) is 1.81. The minimum absolute atomic E-state index is 0.401. The number of rotatable bonds is 4. The number of hydrogen-bond donors (Lipinski definition) is 0. The fourth-order valence-electron chi connectivity index (χ4n) is 1.97. The first-order chi connectivity index (χ1) is 11.0. The van der Waals surface area contributed by atoms with Crippen molar-refractivity contribution in [2.45, 2.75) is 12.2 Å². The first kappa shape index (κ1) is 18.0. The summed E-state index contributed by atoms with van der Waals surface area (Å²) in [6.07, 6.45) is 9.65. The van der Waals surface area contributed by atoms with Gasteiger partial charge < -0.3 is 4.74 Å². The molecule has 0 aromatic heterocycles. The number of halogens is 4. The van der Waals surface area contributed by atoms with E-state index in [2.05, 4.69) is 11.8 Å². The molecule has 0 bridgehead atoms. The van der Waals surface area contributed by atoms with Gasteiger partial charge in [-0.25, -0.2) is 0 Å². The number of benzene rings is 2. The van der Waals surface area contributed by atoms with Gasteiger partial charge >= 0.3 is 0 Å². The molecule has 0 N–H and O–H groups in total. The maximum Gasteiger partial charge on any atom is 0.146 e. The van der Waals surface area contributed by atoms with Gasteiger partial charge in [0.1, 0.15) is 12.2 Å². The summed E-state index contributed by atoms with van der Waals surface area (Å²) >= 11 is 24.1. The molecule has 0 amide bonds. The second kappa shape index (κ2) is 7.98. The molecule has 23 heavy (non-hydrogen) atoms. The highest BCUT2D eigenvalue weighted by molar-refractivity contribution is 6.35. The van der Waals surface area contributed by atoms with Gasteiger partial charge in [-0.3, -0.25) is 0 Å². The number of terminal acetylenes is 2. The lowest BCUT2D eigenvalue weighted by molar-refractivity contribution is 0.0517. The minimum Gasteiger partial charge on any atom is -0.340 e. The SMILES string of the molecule is C#CC(OC(C#C)c1ccc(Cl)cc1Cl)c1ccc(Cl)cc1Cl. The Kier molecular flexibility index (Phi) is 6.25. The lowest BCUT2D eigenvalue weighted by Gasteiger charge is -2.20. The molecule has 5 heteroatoms. The zero-order chi connectivity index (χ0) is 17.0. The minimum atomic E-state index is -0.743. The van der Waals surface area contributed by atoms with E-state index in [-0.39, 0.29) is 0 Å². The van der Waals surface area contributed by atoms with Crippen LogP contribution in [0.4, 0.5) is 0 Å². The van der Waals surface area contributed by atoms with E-state index in [1.54, 1.807) is 36.4 Å². The molecule has 2 unspecified atom stereocenters. The summed E-state index contributed by atoms with van der Waals surface area (Å²) < 4.78 is 5.84. The van der Waals surface area contributed by atoms with Crippen molar-refractivity contribution in [1.29, 1.82) is 0 Å². The molecular weight excluding hydrogens is 374 g/mol. The molecule has 0 spiro atoms. The van der Waals surface area contributed by atoms with Gasteiger partial charge in [0.25, 0.3) is 0 Å². The second-order valence-electron chi connectivity index (χ2n) is 4.56. The zero-order valence-electron chi connectivity index (χ0n) is 11.7. The number of ether oxygens (including phenoxy) is 1. The average molecular weight is 384 g/mol. The van der Waals surface area contributed by atoms with E-state index in [1.165, 1.54) is 0 Å². The van der Waals surface area contributed by atoms with Gasteiger partial charge in [-0.05, 0) is 24.3 Å². The highest BCUT2D eigenvalue weighted by Crippen LogP contribution is 2.34. The van der Waals surface area contributed by atoms with Crippen molar-refractivity contribution in [3.8, 4) is 24.7 Å². The first-order valence-corrected chi connectivity index (χ1v) is 7.95. The summed E-state index contributed by atoms with van der Waals surface area (Å²) in [6, 6.07) is 9.93. The van der Waals surface area contributed by atoms with Crippen LogP contribution in [-0.2, 0) is 4.74 Å². The van der Waals surface area contributed by atoms with E-state index in [0.29, 0.717) is 31.2 Å². The summed E-state index contributed by atoms with van der Waals surface area (Å²) in [5.74, 6) is 5.06. The third kappa shape index (κ3) is 4.36. The van der Waals surface area contributed by atoms with Crippen molar-refractivity contribution >= 4 is 46.4 Å². The Morgan fingerprint density at radius 3 is 1.43 bits per heavy atom. The summed E-state index contributed by atoms with van der Waals surface area (Å²) in [7, 11) is 0. The van der Waals surface area contributed by atoms with Crippen LogP contribution in [0.2, 0.25) is 20.1 Å². The standard InChI is InChI=1S/C18H10Cl4O/c1-3-17(13-7-5-11(19)9-15(13)21)23-18(4-2)14-8-6-12(20)10-16(14)22/h1-2,5-10,17-18H. The fourth-order valence-corrected chi connectivity index (χ4v) is 2.98. The molecule has 0 saturated carbocycles. The second-order valence-corrected chi connectivity index (χ2v) is 6.25. The van der Waals surface area contributed by atoms with E-state index in [1.807, 2.05) is 0 Å². The van der Waals surface area contributed by atoms with Gasteiger partial charge in [0.2, 0.25) is 0 Å².